The second kappa shape index (κ2) is 19.2. The van der Waals surface area contributed by atoms with E-state index in [1.807, 2.05) is 0 Å². The maximum atomic E-state index is 10.5. The first-order valence-corrected chi connectivity index (χ1v) is 10.5. The molecule has 0 spiro atoms. The molecule has 0 rings (SSSR count). The van der Waals surface area contributed by atoms with Gasteiger partial charge < -0.3 is 9.11 Å². The maximum Gasteiger partial charge on any atom is 0.105 e. The van der Waals surface area contributed by atoms with Gasteiger partial charge in [-0.25, -0.2) is 9.98 Å². The molecule has 2 atom stereocenters. The number of unbranched alkanes of at least 4 members (excludes halogenated alkanes) is 2. The third kappa shape index (κ3) is 26.7. The average Bonchev–Trinajstić information content (AvgIpc) is 2.38. The molecule has 0 aromatic carbocycles. The molecule has 0 aromatic heterocycles. The second-order valence-corrected chi connectivity index (χ2v) is 7.39. The first kappa shape index (κ1) is 22.5. The van der Waals surface area contributed by atoms with Crippen LogP contribution in [0, 0.1) is 0 Å². The van der Waals surface area contributed by atoms with Crippen LogP contribution in [0.4, 0.5) is 0 Å². The Kier molecular flexibility index (Phi) is 21.6. The van der Waals surface area contributed by atoms with Crippen molar-refractivity contribution in [3.8, 4) is 0 Å². The van der Waals surface area contributed by atoms with Crippen LogP contribution in [-0.2, 0) is 22.4 Å². The second-order valence-electron chi connectivity index (χ2n) is 3.91. The monoisotopic (exact) mass is 354 g/mol. The number of rotatable bonds is 10. The Bertz CT molecular complexity index is 272. The topological polar surface area (TPSA) is 70.8 Å². The molecule has 0 fully saturated rings. The van der Waals surface area contributed by atoms with Gasteiger partial charge in [0.15, 0.2) is 0 Å². The van der Waals surface area contributed by atoms with Crippen molar-refractivity contribution in [1.82, 2.24) is 0 Å². The Morgan fingerprint density at radius 2 is 1.15 bits per heavy atom. The molecule has 0 heterocycles. The maximum absolute atomic E-state index is 10.5. The molecule has 0 bridgehead atoms. The van der Waals surface area contributed by atoms with Gasteiger partial charge in [-0.2, -0.15) is 0 Å². The third-order valence-corrected chi connectivity index (χ3v) is 4.02. The summed E-state index contributed by atoms with van der Waals surface area (Å²) in [5, 5.41) is 4.58. The SMILES string of the molecule is C[S+]([O-])CCCCN=C=S.C[S+]([O-])CCCCN=C=S. The van der Waals surface area contributed by atoms with Gasteiger partial charge in [-0.3, -0.25) is 0 Å². The van der Waals surface area contributed by atoms with E-state index in [0.717, 1.165) is 50.3 Å². The van der Waals surface area contributed by atoms with Gasteiger partial charge >= 0.3 is 0 Å². The summed E-state index contributed by atoms with van der Waals surface area (Å²) in [6.45, 7) is 1.45. The van der Waals surface area contributed by atoms with Crippen LogP contribution in [0.2, 0.25) is 0 Å². The molecule has 0 saturated carbocycles. The Morgan fingerprint density at radius 3 is 1.40 bits per heavy atom. The van der Waals surface area contributed by atoms with Gasteiger partial charge in [-0.1, -0.05) is 22.4 Å². The Hall–Kier alpha value is 0.220. The third-order valence-electron chi connectivity index (χ3n) is 2.03. The van der Waals surface area contributed by atoms with Crippen molar-refractivity contribution in [2.75, 3.05) is 37.1 Å². The van der Waals surface area contributed by atoms with E-state index in [4.69, 9.17) is 0 Å². The number of nitrogens with zero attached hydrogens (tertiary/aromatic N) is 2. The number of aliphatic imine (C=N–C) groups is 2. The molecule has 0 aliphatic carbocycles. The molecule has 0 radical (unpaired) electrons. The molecule has 0 aliphatic rings. The van der Waals surface area contributed by atoms with Crippen LogP contribution in [-0.4, -0.2) is 56.5 Å². The Morgan fingerprint density at radius 1 is 0.800 bits per heavy atom. The van der Waals surface area contributed by atoms with Gasteiger partial charge in [0.1, 0.15) is 11.5 Å². The summed E-state index contributed by atoms with van der Waals surface area (Å²) >= 11 is 7.43. The zero-order valence-corrected chi connectivity index (χ0v) is 15.3. The molecule has 0 amide bonds. The van der Waals surface area contributed by atoms with Crippen LogP contribution >= 0.6 is 24.4 Å². The summed E-state index contributed by atoms with van der Waals surface area (Å²) in [5.41, 5.74) is 0. The highest BCUT2D eigenvalue weighted by molar-refractivity contribution is 7.90. The van der Waals surface area contributed by atoms with Crippen molar-refractivity contribution in [3.05, 3.63) is 0 Å². The number of hydrogen-bond acceptors (Lipinski definition) is 6. The summed E-state index contributed by atoms with van der Waals surface area (Å²) in [5.74, 6) is 1.54. The lowest BCUT2D eigenvalue weighted by Gasteiger charge is -2.01. The van der Waals surface area contributed by atoms with Crippen LogP contribution in [0.15, 0.2) is 9.98 Å². The molecule has 20 heavy (non-hydrogen) atoms. The summed E-state index contributed by atoms with van der Waals surface area (Å²) in [4.78, 5) is 7.47. The van der Waals surface area contributed by atoms with E-state index in [1.165, 1.54) is 0 Å². The van der Waals surface area contributed by atoms with Crippen molar-refractivity contribution in [3.63, 3.8) is 0 Å². The van der Waals surface area contributed by atoms with E-state index in [9.17, 15) is 9.11 Å². The minimum atomic E-state index is -0.659. The van der Waals surface area contributed by atoms with Crippen molar-refractivity contribution in [2.45, 2.75) is 25.7 Å². The molecule has 4 nitrogen and oxygen atoms in total. The van der Waals surface area contributed by atoms with E-state index in [2.05, 4.69) is 44.7 Å². The standard InChI is InChI=1S/2C6H11NOS2/c2*1-10(8)5-3-2-4-7-6-9/h2*2-5H2,1H3. The van der Waals surface area contributed by atoms with Crippen LogP contribution in [0.1, 0.15) is 25.7 Å². The van der Waals surface area contributed by atoms with E-state index >= 15 is 0 Å². The van der Waals surface area contributed by atoms with Crippen LogP contribution in [0.5, 0.6) is 0 Å². The lowest BCUT2D eigenvalue weighted by molar-refractivity contribution is 0.596. The largest absolute Gasteiger partial charge is 0.617 e. The van der Waals surface area contributed by atoms with E-state index in [0.29, 0.717) is 0 Å². The molecule has 116 valence electrons. The molecular formula is C12H22N2O2S4. The minimum Gasteiger partial charge on any atom is -0.617 e. The summed E-state index contributed by atoms with van der Waals surface area (Å²) in [6, 6.07) is 0. The molecule has 2 unspecified atom stereocenters. The number of thiocarbonyl (C=S) groups is 2. The molecule has 0 aliphatic heterocycles. The highest BCUT2D eigenvalue weighted by atomic mass is 32.2. The van der Waals surface area contributed by atoms with Crippen molar-refractivity contribution in [2.24, 2.45) is 9.98 Å². The highest BCUT2D eigenvalue weighted by Crippen LogP contribution is 1.94. The number of hydrogen-bond donors (Lipinski definition) is 0. The van der Waals surface area contributed by atoms with E-state index < -0.39 is 22.4 Å². The summed E-state index contributed by atoms with van der Waals surface area (Å²) in [7, 11) is 0. The van der Waals surface area contributed by atoms with Gasteiger partial charge in [-0.05, 0) is 50.1 Å². The van der Waals surface area contributed by atoms with Gasteiger partial charge in [-0.15, -0.1) is 0 Å². The fraction of sp³-hybridized carbons (Fsp3) is 0.833. The van der Waals surface area contributed by atoms with Gasteiger partial charge in [0.25, 0.3) is 0 Å². The quantitative estimate of drug-likeness (QED) is 0.261. The fourth-order valence-corrected chi connectivity index (χ4v) is 2.49. The van der Waals surface area contributed by atoms with Crippen molar-refractivity contribution >= 4 is 57.1 Å². The Balaban J connectivity index is 0. The number of isothiocyanates is 2. The predicted molar refractivity (Wildman–Crippen MR) is 96.1 cm³/mol. The lowest BCUT2D eigenvalue weighted by atomic mass is 10.3. The van der Waals surface area contributed by atoms with Crippen LogP contribution in [0.25, 0.3) is 0 Å². The zero-order chi connectivity index (χ0) is 15.6. The lowest BCUT2D eigenvalue weighted by Crippen LogP contribution is -2.02. The van der Waals surface area contributed by atoms with E-state index in [-0.39, 0.29) is 0 Å². The minimum absolute atomic E-state index is 0.659. The van der Waals surface area contributed by atoms with Gasteiger partial charge in [0, 0.05) is 13.1 Å². The molecule has 0 saturated heterocycles. The van der Waals surface area contributed by atoms with E-state index in [1.54, 1.807) is 12.5 Å². The average molecular weight is 355 g/mol. The van der Waals surface area contributed by atoms with Crippen LogP contribution < -0.4 is 0 Å². The van der Waals surface area contributed by atoms with Crippen LogP contribution in [0.3, 0.4) is 0 Å². The highest BCUT2D eigenvalue weighted by Gasteiger charge is 1.95. The molecule has 8 heteroatoms. The normalized spacial score (nSPS) is 12.2. The zero-order valence-electron chi connectivity index (χ0n) is 12.0. The summed E-state index contributed by atoms with van der Waals surface area (Å²) in [6.07, 6.45) is 7.27. The Labute approximate surface area is 138 Å². The van der Waals surface area contributed by atoms with Gasteiger partial charge in [0.2, 0.25) is 0 Å². The smallest absolute Gasteiger partial charge is 0.105 e. The molecular weight excluding hydrogens is 332 g/mol. The predicted octanol–water partition coefficient (Wildman–Crippen LogP) is 2.50. The first-order valence-electron chi connectivity index (χ1n) is 6.22. The van der Waals surface area contributed by atoms with Gasteiger partial charge in [0.05, 0.1) is 22.8 Å². The summed E-state index contributed by atoms with van der Waals surface area (Å²) < 4.78 is 21.0. The molecule has 0 aromatic rings. The fourth-order valence-electron chi connectivity index (χ4n) is 1.08. The molecule has 0 N–H and O–H groups in total. The first-order chi connectivity index (χ1) is 9.54. The van der Waals surface area contributed by atoms with Crippen molar-refractivity contribution < 1.29 is 9.11 Å². The van der Waals surface area contributed by atoms with Crippen molar-refractivity contribution in [1.29, 1.82) is 0 Å².